The Morgan fingerprint density at radius 2 is 2.00 bits per heavy atom. The molecule has 0 amide bonds. The molecule has 72 valence electrons. The monoisotopic (exact) mass is 182 g/mol. The highest BCUT2D eigenvalue weighted by Gasteiger charge is 2.13. The van der Waals surface area contributed by atoms with Gasteiger partial charge in [-0.15, -0.1) is 0 Å². The van der Waals surface area contributed by atoms with Gasteiger partial charge in [0, 0.05) is 17.9 Å². The fourth-order valence-electron chi connectivity index (χ4n) is 1.26. The molecule has 0 unspecified atom stereocenters. The van der Waals surface area contributed by atoms with Crippen molar-refractivity contribution in [3.63, 3.8) is 0 Å². The summed E-state index contributed by atoms with van der Waals surface area (Å²) in [6.07, 6.45) is 0. The van der Waals surface area contributed by atoms with Crippen LogP contribution in [0.2, 0.25) is 0 Å². The summed E-state index contributed by atoms with van der Waals surface area (Å²) in [5.41, 5.74) is 7.50. The fourth-order valence-corrected chi connectivity index (χ4v) is 1.26. The number of aryl methyl sites for hydroxylation is 2. The van der Waals surface area contributed by atoms with Gasteiger partial charge >= 0.3 is 5.97 Å². The lowest BCUT2D eigenvalue weighted by molar-refractivity contribution is -0.138. The van der Waals surface area contributed by atoms with Gasteiger partial charge in [0.15, 0.2) is 0 Å². The quantitative estimate of drug-likeness (QED) is 0.716. The number of nitrogens with two attached hydrogens (primary N) is 1. The summed E-state index contributed by atoms with van der Waals surface area (Å²) in [6.45, 7) is 4.20. The lowest BCUT2D eigenvalue weighted by Gasteiger charge is -2.11. The zero-order valence-electron chi connectivity index (χ0n) is 7.82. The van der Waals surface area contributed by atoms with Crippen molar-refractivity contribution in [3.8, 4) is 0 Å². The Morgan fingerprint density at radius 3 is 2.38 bits per heavy atom. The minimum atomic E-state index is -0.965. The maximum Gasteiger partial charge on any atom is 0.322 e. The predicted molar refractivity (Wildman–Crippen MR) is 49.5 cm³/mol. The van der Waals surface area contributed by atoms with E-state index in [1.54, 1.807) is 0 Å². The smallest absolute Gasteiger partial charge is 0.322 e. The highest BCUT2D eigenvalue weighted by atomic mass is 16.4. The average Bonchev–Trinajstić information content (AvgIpc) is 2.35. The molecule has 0 aliphatic carbocycles. The number of nitrogens with zero attached hydrogens (tertiary/aromatic N) is 1. The van der Waals surface area contributed by atoms with Crippen LogP contribution in [0.15, 0.2) is 12.1 Å². The van der Waals surface area contributed by atoms with Gasteiger partial charge in [0.05, 0.1) is 0 Å². The molecule has 0 saturated carbocycles. The number of carboxylic acid groups (broad SMARTS) is 1. The summed E-state index contributed by atoms with van der Waals surface area (Å²) >= 11 is 0. The molecule has 0 fully saturated rings. The maximum atomic E-state index is 10.5. The van der Waals surface area contributed by atoms with E-state index in [-0.39, 0.29) is 0 Å². The van der Waals surface area contributed by atoms with E-state index < -0.39 is 12.0 Å². The first kappa shape index (κ1) is 9.80. The van der Waals surface area contributed by atoms with Gasteiger partial charge in [0.2, 0.25) is 0 Å². The van der Waals surface area contributed by atoms with Crippen molar-refractivity contribution in [3.05, 3.63) is 23.5 Å². The van der Waals surface area contributed by atoms with Crippen LogP contribution in [-0.4, -0.2) is 21.7 Å². The molecule has 1 aromatic heterocycles. The van der Waals surface area contributed by atoms with Crippen molar-refractivity contribution in [1.82, 2.24) is 4.57 Å². The molecule has 4 nitrogen and oxygen atoms in total. The first-order chi connectivity index (χ1) is 6.02. The van der Waals surface area contributed by atoms with Gasteiger partial charge in [-0.2, -0.15) is 0 Å². The van der Waals surface area contributed by atoms with E-state index >= 15 is 0 Å². The molecular weight excluding hydrogens is 168 g/mol. The molecule has 1 rings (SSSR count). The molecule has 0 aliphatic rings. The largest absolute Gasteiger partial charge is 0.480 e. The zero-order valence-corrected chi connectivity index (χ0v) is 7.82. The van der Waals surface area contributed by atoms with E-state index in [0.29, 0.717) is 6.54 Å². The van der Waals surface area contributed by atoms with Crippen LogP contribution in [0.5, 0.6) is 0 Å². The van der Waals surface area contributed by atoms with Crippen LogP contribution in [-0.2, 0) is 11.3 Å². The Labute approximate surface area is 77.0 Å². The number of aliphatic carboxylic acids is 1. The lowest BCUT2D eigenvalue weighted by Crippen LogP contribution is -2.35. The van der Waals surface area contributed by atoms with E-state index in [1.165, 1.54) is 0 Å². The van der Waals surface area contributed by atoms with Crippen LogP contribution in [0.4, 0.5) is 0 Å². The minimum absolute atomic E-state index is 0.333. The molecule has 13 heavy (non-hydrogen) atoms. The maximum absolute atomic E-state index is 10.5. The molecule has 1 aromatic rings. The average molecular weight is 182 g/mol. The number of carboxylic acids is 1. The minimum Gasteiger partial charge on any atom is -0.480 e. The van der Waals surface area contributed by atoms with Crippen molar-refractivity contribution in [1.29, 1.82) is 0 Å². The van der Waals surface area contributed by atoms with E-state index in [1.807, 2.05) is 30.5 Å². The van der Waals surface area contributed by atoms with Crippen LogP contribution < -0.4 is 5.73 Å². The van der Waals surface area contributed by atoms with Gasteiger partial charge in [0.1, 0.15) is 6.04 Å². The number of hydrogen-bond acceptors (Lipinski definition) is 2. The van der Waals surface area contributed by atoms with Crippen molar-refractivity contribution < 1.29 is 9.90 Å². The third-order valence-electron chi connectivity index (χ3n) is 2.11. The van der Waals surface area contributed by atoms with Gasteiger partial charge in [0.25, 0.3) is 0 Å². The number of rotatable bonds is 3. The van der Waals surface area contributed by atoms with Crippen LogP contribution in [0.1, 0.15) is 11.4 Å². The molecule has 0 spiro atoms. The highest BCUT2D eigenvalue weighted by molar-refractivity contribution is 5.72. The predicted octanol–water partition coefficient (Wildman–Crippen LogP) is 0.517. The van der Waals surface area contributed by atoms with Crippen LogP contribution in [0.3, 0.4) is 0 Å². The van der Waals surface area contributed by atoms with E-state index in [0.717, 1.165) is 11.4 Å². The molecular formula is C9H14N2O2. The Balaban J connectivity index is 2.79. The number of aromatic nitrogens is 1. The summed E-state index contributed by atoms with van der Waals surface area (Å²) in [5, 5.41) is 8.62. The van der Waals surface area contributed by atoms with Crippen molar-refractivity contribution in [2.24, 2.45) is 5.73 Å². The van der Waals surface area contributed by atoms with Gasteiger partial charge in [-0.1, -0.05) is 0 Å². The number of carbonyl (C=O) groups is 1. The number of hydrogen-bond donors (Lipinski definition) is 2. The summed E-state index contributed by atoms with van der Waals surface area (Å²) < 4.78 is 1.90. The van der Waals surface area contributed by atoms with Gasteiger partial charge < -0.3 is 15.4 Å². The molecule has 0 aliphatic heterocycles. The normalized spacial score (nSPS) is 12.8. The Kier molecular flexibility index (Phi) is 2.72. The van der Waals surface area contributed by atoms with E-state index in [9.17, 15) is 4.79 Å². The van der Waals surface area contributed by atoms with Crippen LogP contribution in [0.25, 0.3) is 0 Å². The zero-order chi connectivity index (χ0) is 10.0. The van der Waals surface area contributed by atoms with Crippen molar-refractivity contribution in [2.75, 3.05) is 0 Å². The molecule has 1 atom stereocenters. The van der Waals surface area contributed by atoms with Crippen molar-refractivity contribution in [2.45, 2.75) is 26.4 Å². The second kappa shape index (κ2) is 3.62. The van der Waals surface area contributed by atoms with E-state index in [4.69, 9.17) is 10.8 Å². The molecule has 0 radical (unpaired) electrons. The second-order valence-corrected chi connectivity index (χ2v) is 3.17. The second-order valence-electron chi connectivity index (χ2n) is 3.17. The lowest BCUT2D eigenvalue weighted by atomic mass is 10.3. The first-order valence-electron chi connectivity index (χ1n) is 4.13. The summed E-state index contributed by atoms with van der Waals surface area (Å²) in [4.78, 5) is 10.5. The van der Waals surface area contributed by atoms with E-state index in [2.05, 4.69) is 0 Å². The Bertz CT molecular complexity index is 298. The van der Waals surface area contributed by atoms with Crippen molar-refractivity contribution >= 4 is 5.97 Å². The van der Waals surface area contributed by atoms with Crippen LogP contribution in [0, 0.1) is 13.8 Å². The fraction of sp³-hybridized carbons (Fsp3) is 0.444. The van der Waals surface area contributed by atoms with Gasteiger partial charge in [-0.25, -0.2) is 0 Å². The molecule has 0 aromatic carbocycles. The Morgan fingerprint density at radius 1 is 1.54 bits per heavy atom. The van der Waals surface area contributed by atoms with Crippen LogP contribution >= 0.6 is 0 Å². The highest BCUT2D eigenvalue weighted by Crippen LogP contribution is 2.07. The summed E-state index contributed by atoms with van der Waals surface area (Å²) in [7, 11) is 0. The molecule has 0 saturated heterocycles. The third-order valence-corrected chi connectivity index (χ3v) is 2.11. The molecule has 4 heteroatoms. The molecule has 1 heterocycles. The summed E-state index contributed by atoms with van der Waals surface area (Å²) in [5.74, 6) is -0.965. The SMILES string of the molecule is Cc1ccc(C)n1C[C@H](N)C(=O)O. The molecule has 0 bridgehead atoms. The summed E-state index contributed by atoms with van der Waals surface area (Å²) in [6, 6.07) is 3.07. The topological polar surface area (TPSA) is 68.2 Å². The standard InChI is InChI=1S/C9H14N2O2/c1-6-3-4-7(2)11(6)5-8(10)9(12)13/h3-4,8H,5,10H2,1-2H3,(H,12,13)/t8-/m0/s1. The first-order valence-corrected chi connectivity index (χ1v) is 4.13. The molecule has 3 N–H and O–H groups in total. The van der Waals surface area contributed by atoms with Gasteiger partial charge in [-0.3, -0.25) is 4.79 Å². The Hall–Kier alpha value is -1.29. The van der Waals surface area contributed by atoms with Gasteiger partial charge in [-0.05, 0) is 26.0 Å². The third kappa shape index (κ3) is 2.09.